The molecule has 1 aliphatic carbocycles. The van der Waals surface area contributed by atoms with Gasteiger partial charge < -0.3 is 14.8 Å². The maximum atomic E-state index is 5.94. The summed E-state index contributed by atoms with van der Waals surface area (Å²) in [5.41, 5.74) is 2.71. The molecule has 1 aliphatic heterocycles. The van der Waals surface area contributed by atoms with Gasteiger partial charge in [-0.05, 0) is 43.0 Å². The fourth-order valence-electron chi connectivity index (χ4n) is 3.26. The molecule has 1 aromatic rings. The fraction of sp³-hybridized carbons (Fsp3) is 0.667. The number of ether oxygens (including phenoxy) is 2. The van der Waals surface area contributed by atoms with E-state index in [9.17, 15) is 0 Å². The molecule has 1 heterocycles. The van der Waals surface area contributed by atoms with E-state index in [1.165, 1.54) is 43.2 Å². The van der Waals surface area contributed by atoms with Gasteiger partial charge in [-0.3, -0.25) is 0 Å². The molecule has 1 saturated carbocycles. The first-order valence-corrected chi connectivity index (χ1v) is 8.49. The number of fused-ring (bicyclic) bond motifs is 1. The summed E-state index contributed by atoms with van der Waals surface area (Å²) in [5, 5.41) is 3.51. The van der Waals surface area contributed by atoms with Crippen LogP contribution >= 0.6 is 0 Å². The van der Waals surface area contributed by atoms with Gasteiger partial charge in [0.2, 0.25) is 0 Å². The molecule has 116 valence electrons. The third kappa shape index (κ3) is 4.45. The smallest absolute Gasteiger partial charge is 0.122 e. The second-order valence-electron chi connectivity index (χ2n) is 6.20. The van der Waals surface area contributed by atoms with Gasteiger partial charge in [-0.1, -0.05) is 31.4 Å². The number of benzene rings is 1. The van der Waals surface area contributed by atoms with Crippen LogP contribution in [0.3, 0.4) is 0 Å². The molecule has 21 heavy (non-hydrogen) atoms. The number of hydrogen-bond acceptors (Lipinski definition) is 3. The molecule has 2 aliphatic rings. The van der Waals surface area contributed by atoms with E-state index in [1.807, 2.05) is 0 Å². The van der Waals surface area contributed by atoms with Crippen molar-refractivity contribution in [2.45, 2.75) is 57.6 Å². The summed E-state index contributed by atoms with van der Waals surface area (Å²) >= 11 is 0. The van der Waals surface area contributed by atoms with Crippen molar-refractivity contribution in [3.8, 4) is 5.75 Å². The highest BCUT2D eigenvalue weighted by Gasteiger charge is 2.13. The van der Waals surface area contributed by atoms with Crippen LogP contribution in [0.5, 0.6) is 5.75 Å². The Morgan fingerprint density at radius 1 is 1.19 bits per heavy atom. The highest BCUT2D eigenvalue weighted by molar-refractivity contribution is 5.39. The zero-order chi connectivity index (χ0) is 14.3. The van der Waals surface area contributed by atoms with Crippen LogP contribution < -0.4 is 10.1 Å². The molecular formula is C18H27NO2. The lowest BCUT2D eigenvalue weighted by atomic mass is 9.98. The molecule has 1 fully saturated rings. The highest BCUT2D eigenvalue weighted by atomic mass is 16.5. The van der Waals surface area contributed by atoms with E-state index in [0.717, 1.165) is 44.9 Å². The van der Waals surface area contributed by atoms with Crippen LogP contribution in [0.4, 0.5) is 0 Å². The lowest BCUT2D eigenvalue weighted by Gasteiger charge is -2.21. The highest BCUT2D eigenvalue weighted by Crippen LogP contribution is 2.25. The van der Waals surface area contributed by atoms with E-state index in [-0.39, 0.29) is 0 Å². The first-order chi connectivity index (χ1) is 10.4. The van der Waals surface area contributed by atoms with Crippen LogP contribution in [-0.2, 0) is 17.7 Å². The molecule has 0 bridgehead atoms. The van der Waals surface area contributed by atoms with Gasteiger partial charge in [0.15, 0.2) is 0 Å². The minimum atomic E-state index is 0.537. The molecule has 0 radical (unpaired) electrons. The zero-order valence-electron chi connectivity index (χ0n) is 12.9. The SMILES string of the molecule is c1cc2c(cc1CNCCCOC1CCCCC1)CCO2. The van der Waals surface area contributed by atoms with Crippen LogP contribution in [0.15, 0.2) is 18.2 Å². The van der Waals surface area contributed by atoms with Gasteiger partial charge in [0.05, 0.1) is 12.7 Å². The van der Waals surface area contributed by atoms with Gasteiger partial charge in [0, 0.05) is 19.6 Å². The maximum absolute atomic E-state index is 5.94. The predicted molar refractivity (Wildman–Crippen MR) is 84.8 cm³/mol. The number of nitrogens with one attached hydrogen (secondary N) is 1. The van der Waals surface area contributed by atoms with E-state index in [2.05, 4.69) is 23.5 Å². The van der Waals surface area contributed by atoms with Crippen molar-refractivity contribution >= 4 is 0 Å². The second-order valence-corrected chi connectivity index (χ2v) is 6.20. The normalized spacial score (nSPS) is 18.5. The Kier molecular flexibility index (Phi) is 5.53. The minimum Gasteiger partial charge on any atom is -0.493 e. The topological polar surface area (TPSA) is 30.5 Å². The standard InChI is InChI=1S/C18H27NO2/c1-2-5-17(6-3-1)20-11-4-10-19-14-15-7-8-18-16(13-15)9-12-21-18/h7-8,13,17,19H,1-6,9-12,14H2. The molecule has 0 amide bonds. The van der Waals surface area contributed by atoms with Gasteiger partial charge in [-0.15, -0.1) is 0 Å². The Hall–Kier alpha value is -1.06. The molecule has 3 heteroatoms. The Balaban J connectivity index is 1.28. The molecule has 3 rings (SSSR count). The summed E-state index contributed by atoms with van der Waals surface area (Å²) < 4.78 is 11.5. The van der Waals surface area contributed by atoms with Crippen LogP contribution in [0, 0.1) is 0 Å². The lowest BCUT2D eigenvalue weighted by molar-refractivity contribution is 0.0273. The molecule has 3 nitrogen and oxygen atoms in total. The largest absolute Gasteiger partial charge is 0.493 e. The third-order valence-corrected chi connectivity index (χ3v) is 4.49. The van der Waals surface area contributed by atoms with E-state index < -0.39 is 0 Å². The average Bonchev–Trinajstić information content (AvgIpc) is 2.99. The summed E-state index contributed by atoms with van der Waals surface area (Å²) in [6.45, 7) is 3.71. The van der Waals surface area contributed by atoms with Crippen molar-refractivity contribution in [1.82, 2.24) is 5.32 Å². The Labute approximate surface area is 128 Å². The Morgan fingerprint density at radius 3 is 3.00 bits per heavy atom. The van der Waals surface area contributed by atoms with E-state index in [4.69, 9.17) is 9.47 Å². The van der Waals surface area contributed by atoms with Crippen LogP contribution in [0.25, 0.3) is 0 Å². The first-order valence-electron chi connectivity index (χ1n) is 8.49. The fourth-order valence-corrected chi connectivity index (χ4v) is 3.26. The monoisotopic (exact) mass is 289 g/mol. The Morgan fingerprint density at radius 2 is 2.10 bits per heavy atom. The van der Waals surface area contributed by atoms with E-state index in [1.54, 1.807) is 0 Å². The minimum absolute atomic E-state index is 0.537. The molecule has 0 spiro atoms. The predicted octanol–water partition coefficient (Wildman–Crippen LogP) is 3.45. The number of hydrogen-bond donors (Lipinski definition) is 1. The van der Waals surface area contributed by atoms with Gasteiger partial charge in [0.25, 0.3) is 0 Å². The van der Waals surface area contributed by atoms with Crippen molar-refractivity contribution in [1.29, 1.82) is 0 Å². The lowest BCUT2D eigenvalue weighted by Crippen LogP contribution is -2.20. The first kappa shape index (κ1) is 14.9. The van der Waals surface area contributed by atoms with Crippen molar-refractivity contribution in [3.63, 3.8) is 0 Å². The average molecular weight is 289 g/mol. The van der Waals surface area contributed by atoms with Crippen molar-refractivity contribution in [2.75, 3.05) is 19.8 Å². The summed E-state index contributed by atoms with van der Waals surface area (Å²) in [4.78, 5) is 0. The van der Waals surface area contributed by atoms with E-state index >= 15 is 0 Å². The molecule has 0 atom stereocenters. The Bertz CT molecular complexity index is 441. The summed E-state index contributed by atoms with van der Waals surface area (Å²) in [7, 11) is 0. The molecule has 0 saturated heterocycles. The number of rotatable bonds is 7. The van der Waals surface area contributed by atoms with Gasteiger partial charge >= 0.3 is 0 Å². The van der Waals surface area contributed by atoms with Crippen LogP contribution in [0.2, 0.25) is 0 Å². The molecule has 1 N–H and O–H groups in total. The van der Waals surface area contributed by atoms with Crippen molar-refractivity contribution in [3.05, 3.63) is 29.3 Å². The summed E-state index contributed by atoms with van der Waals surface area (Å²) in [6.07, 6.45) is 9.33. The molecule has 0 unspecified atom stereocenters. The maximum Gasteiger partial charge on any atom is 0.122 e. The van der Waals surface area contributed by atoms with Gasteiger partial charge in [0.1, 0.15) is 5.75 Å². The van der Waals surface area contributed by atoms with Crippen molar-refractivity contribution in [2.24, 2.45) is 0 Å². The van der Waals surface area contributed by atoms with E-state index in [0.29, 0.717) is 6.10 Å². The quantitative estimate of drug-likeness (QED) is 0.780. The van der Waals surface area contributed by atoms with Crippen LogP contribution in [-0.4, -0.2) is 25.9 Å². The summed E-state index contributed by atoms with van der Waals surface area (Å²) in [6, 6.07) is 6.54. The summed E-state index contributed by atoms with van der Waals surface area (Å²) in [5.74, 6) is 1.07. The third-order valence-electron chi connectivity index (χ3n) is 4.49. The molecule has 0 aromatic heterocycles. The second kappa shape index (κ2) is 7.81. The van der Waals surface area contributed by atoms with Crippen LogP contribution in [0.1, 0.15) is 49.7 Å². The van der Waals surface area contributed by atoms with Gasteiger partial charge in [-0.25, -0.2) is 0 Å². The molecular weight excluding hydrogens is 262 g/mol. The molecule has 1 aromatic carbocycles. The zero-order valence-corrected chi connectivity index (χ0v) is 12.9. The van der Waals surface area contributed by atoms with Gasteiger partial charge in [-0.2, -0.15) is 0 Å². The van der Waals surface area contributed by atoms with Crippen molar-refractivity contribution < 1.29 is 9.47 Å².